The highest BCUT2D eigenvalue weighted by molar-refractivity contribution is 7.89. The van der Waals surface area contributed by atoms with E-state index in [1.807, 2.05) is 18.2 Å². The summed E-state index contributed by atoms with van der Waals surface area (Å²) >= 11 is 0. The molecule has 0 radical (unpaired) electrons. The molecular formula is C18H18N2O3S. The monoisotopic (exact) mass is 342 g/mol. The smallest absolute Gasteiger partial charge is 0.243 e. The second-order valence-electron chi connectivity index (χ2n) is 6.28. The molecule has 0 fully saturated rings. The average molecular weight is 342 g/mol. The summed E-state index contributed by atoms with van der Waals surface area (Å²) in [6.45, 7) is 0.879. The third-order valence-electron chi connectivity index (χ3n) is 4.86. The van der Waals surface area contributed by atoms with E-state index in [0.717, 1.165) is 23.2 Å². The molecule has 0 saturated heterocycles. The molecule has 2 aromatic rings. The standard InChI is InChI=1S/C18H18N2O3S/c1-19-17-7-6-16(10-15(17)11-18(19)21)24(22,23)20-9-8-13-4-2-3-5-14(13)12-20/h2-7,10H,8-9,11-12H2,1H3. The van der Waals surface area contributed by atoms with Gasteiger partial charge in [0.1, 0.15) is 0 Å². The topological polar surface area (TPSA) is 57.7 Å². The number of nitrogens with zero attached hydrogens (tertiary/aromatic N) is 2. The summed E-state index contributed by atoms with van der Waals surface area (Å²) in [5.41, 5.74) is 3.84. The van der Waals surface area contributed by atoms with E-state index in [9.17, 15) is 13.2 Å². The Balaban J connectivity index is 1.67. The summed E-state index contributed by atoms with van der Waals surface area (Å²) in [5, 5.41) is 0. The zero-order chi connectivity index (χ0) is 16.9. The summed E-state index contributed by atoms with van der Waals surface area (Å²) in [7, 11) is -1.85. The van der Waals surface area contributed by atoms with Gasteiger partial charge in [-0.2, -0.15) is 4.31 Å². The van der Waals surface area contributed by atoms with Crippen LogP contribution >= 0.6 is 0 Å². The first-order chi connectivity index (χ1) is 11.5. The van der Waals surface area contributed by atoms with Gasteiger partial charge in [-0.05, 0) is 41.3 Å². The van der Waals surface area contributed by atoms with Gasteiger partial charge in [0.2, 0.25) is 15.9 Å². The van der Waals surface area contributed by atoms with Crippen LogP contribution in [-0.4, -0.2) is 32.2 Å². The molecule has 2 heterocycles. The third kappa shape index (κ3) is 2.34. The quantitative estimate of drug-likeness (QED) is 0.838. The Morgan fingerprint density at radius 1 is 1.00 bits per heavy atom. The molecule has 0 bridgehead atoms. The number of rotatable bonds is 2. The Bertz CT molecular complexity index is 937. The highest BCUT2D eigenvalue weighted by Crippen LogP contribution is 2.32. The molecule has 2 aromatic carbocycles. The lowest BCUT2D eigenvalue weighted by Crippen LogP contribution is -2.35. The predicted octanol–water partition coefficient (Wildman–Crippen LogP) is 1.95. The van der Waals surface area contributed by atoms with E-state index in [-0.39, 0.29) is 17.2 Å². The van der Waals surface area contributed by atoms with Crippen molar-refractivity contribution in [3.05, 3.63) is 59.2 Å². The van der Waals surface area contributed by atoms with Gasteiger partial charge in [0.25, 0.3) is 0 Å². The fourth-order valence-corrected chi connectivity index (χ4v) is 4.90. The van der Waals surface area contributed by atoms with Crippen molar-refractivity contribution in [3.63, 3.8) is 0 Å². The van der Waals surface area contributed by atoms with Crippen molar-refractivity contribution in [2.75, 3.05) is 18.5 Å². The Morgan fingerprint density at radius 2 is 1.75 bits per heavy atom. The van der Waals surface area contributed by atoms with E-state index < -0.39 is 10.0 Å². The van der Waals surface area contributed by atoms with Crippen LogP contribution in [0.1, 0.15) is 16.7 Å². The SMILES string of the molecule is CN1C(=O)Cc2cc(S(=O)(=O)N3CCc4ccccc4C3)ccc21. The molecule has 4 rings (SSSR count). The lowest BCUT2D eigenvalue weighted by Gasteiger charge is -2.28. The lowest BCUT2D eigenvalue weighted by molar-refractivity contribution is -0.117. The molecule has 0 saturated carbocycles. The first-order valence-corrected chi connectivity index (χ1v) is 9.37. The molecule has 0 atom stereocenters. The number of benzene rings is 2. The first kappa shape index (κ1) is 15.4. The Hall–Kier alpha value is -2.18. The van der Waals surface area contributed by atoms with Crippen LogP contribution in [0.15, 0.2) is 47.4 Å². The van der Waals surface area contributed by atoms with Gasteiger partial charge in [-0.15, -0.1) is 0 Å². The number of carbonyl (C=O) groups excluding carboxylic acids is 1. The second kappa shape index (κ2) is 5.43. The number of hydrogen-bond donors (Lipinski definition) is 0. The van der Waals surface area contributed by atoms with Crippen LogP contribution in [0.3, 0.4) is 0 Å². The van der Waals surface area contributed by atoms with Gasteiger partial charge in [-0.25, -0.2) is 8.42 Å². The van der Waals surface area contributed by atoms with Crippen LogP contribution in [0, 0.1) is 0 Å². The minimum absolute atomic E-state index is 0.00792. The molecule has 1 amide bonds. The van der Waals surface area contributed by atoms with Crippen LogP contribution < -0.4 is 4.90 Å². The second-order valence-corrected chi connectivity index (χ2v) is 8.22. The number of amides is 1. The number of likely N-dealkylation sites (N-methyl/N-ethyl adjacent to an activating group) is 1. The summed E-state index contributed by atoms with van der Waals surface area (Å²) in [4.78, 5) is 13.6. The lowest BCUT2D eigenvalue weighted by atomic mass is 10.0. The fraction of sp³-hybridized carbons (Fsp3) is 0.278. The fourth-order valence-electron chi connectivity index (χ4n) is 3.43. The van der Waals surface area contributed by atoms with E-state index in [0.29, 0.717) is 13.1 Å². The zero-order valence-electron chi connectivity index (χ0n) is 13.4. The molecule has 6 heteroatoms. The molecule has 0 unspecified atom stereocenters. The Kier molecular flexibility index (Phi) is 3.47. The molecule has 2 aliphatic heterocycles. The van der Waals surface area contributed by atoms with Crippen LogP contribution in [0.25, 0.3) is 0 Å². The average Bonchev–Trinajstić information content (AvgIpc) is 2.88. The van der Waals surface area contributed by atoms with Crippen molar-refractivity contribution in [1.82, 2.24) is 4.31 Å². The first-order valence-electron chi connectivity index (χ1n) is 7.93. The van der Waals surface area contributed by atoms with Crippen molar-refractivity contribution in [2.24, 2.45) is 0 Å². The summed E-state index contributed by atoms with van der Waals surface area (Å²) in [6.07, 6.45) is 0.986. The molecule has 124 valence electrons. The highest BCUT2D eigenvalue weighted by atomic mass is 32.2. The maximum Gasteiger partial charge on any atom is 0.243 e. The molecular weight excluding hydrogens is 324 g/mol. The summed E-state index contributed by atoms with van der Waals surface area (Å²) in [6, 6.07) is 12.9. The minimum Gasteiger partial charge on any atom is -0.315 e. The van der Waals surface area contributed by atoms with Gasteiger partial charge < -0.3 is 4.90 Å². The van der Waals surface area contributed by atoms with Gasteiger partial charge >= 0.3 is 0 Å². The van der Waals surface area contributed by atoms with Crippen molar-refractivity contribution >= 4 is 21.6 Å². The van der Waals surface area contributed by atoms with Crippen molar-refractivity contribution in [3.8, 4) is 0 Å². The minimum atomic E-state index is -3.56. The van der Waals surface area contributed by atoms with Crippen LogP contribution in [0.4, 0.5) is 5.69 Å². The van der Waals surface area contributed by atoms with Crippen molar-refractivity contribution < 1.29 is 13.2 Å². The maximum atomic E-state index is 13.0. The normalized spacial score (nSPS) is 17.7. The molecule has 2 aliphatic rings. The number of carbonyl (C=O) groups is 1. The zero-order valence-corrected chi connectivity index (χ0v) is 14.2. The van der Waals surface area contributed by atoms with Crippen molar-refractivity contribution in [1.29, 1.82) is 0 Å². The van der Waals surface area contributed by atoms with E-state index in [1.165, 1.54) is 9.87 Å². The van der Waals surface area contributed by atoms with Crippen LogP contribution in [-0.2, 0) is 34.2 Å². The molecule has 0 spiro atoms. The molecule has 24 heavy (non-hydrogen) atoms. The molecule has 0 N–H and O–H groups in total. The largest absolute Gasteiger partial charge is 0.315 e. The summed E-state index contributed by atoms with van der Waals surface area (Å²) < 4.78 is 27.5. The number of fused-ring (bicyclic) bond motifs is 2. The van der Waals surface area contributed by atoms with Gasteiger partial charge in [0.05, 0.1) is 11.3 Å². The van der Waals surface area contributed by atoms with E-state index in [1.54, 1.807) is 30.1 Å². The number of hydrogen-bond acceptors (Lipinski definition) is 3. The number of sulfonamides is 1. The van der Waals surface area contributed by atoms with Gasteiger partial charge in [0.15, 0.2) is 0 Å². The molecule has 0 aromatic heterocycles. The maximum absolute atomic E-state index is 13.0. The Labute approximate surface area is 141 Å². The van der Waals surface area contributed by atoms with E-state index in [4.69, 9.17) is 0 Å². The number of anilines is 1. The molecule has 5 nitrogen and oxygen atoms in total. The van der Waals surface area contributed by atoms with Crippen LogP contribution in [0.5, 0.6) is 0 Å². The van der Waals surface area contributed by atoms with E-state index in [2.05, 4.69) is 6.07 Å². The summed E-state index contributed by atoms with van der Waals surface area (Å²) in [5.74, 6) is -0.00792. The van der Waals surface area contributed by atoms with Gasteiger partial charge in [-0.3, -0.25) is 4.79 Å². The predicted molar refractivity (Wildman–Crippen MR) is 91.3 cm³/mol. The van der Waals surface area contributed by atoms with Crippen LogP contribution in [0.2, 0.25) is 0 Å². The van der Waals surface area contributed by atoms with Gasteiger partial charge in [0, 0.05) is 25.8 Å². The molecule has 0 aliphatic carbocycles. The third-order valence-corrected chi connectivity index (χ3v) is 6.70. The van der Waals surface area contributed by atoms with Gasteiger partial charge in [-0.1, -0.05) is 24.3 Å². The van der Waals surface area contributed by atoms with E-state index >= 15 is 0 Å². The Morgan fingerprint density at radius 3 is 2.54 bits per heavy atom. The van der Waals surface area contributed by atoms with Crippen molar-refractivity contribution in [2.45, 2.75) is 24.3 Å². The highest BCUT2D eigenvalue weighted by Gasteiger charge is 2.31.